The Hall–Kier alpha value is -1.11. The van der Waals surface area contributed by atoms with Gasteiger partial charge >= 0.3 is 0 Å². The topological polar surface area (TPSA) is 66.4 Å². The molecule has 0 bridgehead atoms. The van der Waals surface area contributed by atoms with E-state index >= 15 is 0 Å². The molecule has 1 unspecified atom stereocenters. The fourth-order valence-corrected chi connectivity index (χ4v) is 3.40. The number of rotatable bonds is 5. The molecule has 0 fully saturated rings. The molecule has 112 valence electrons. The maximum atomic E-state index is 12.3. The minimum absolute atomic E-state index is 0.00807. The molecule has 2 N–H and O–H groups in total. The number of halogens is 2. The number of aliphatic hydroxyl groups excluding tert-OH is 1. The summed E-state index contributed by atoms with van der Waals surface area (Å²) in [5, 5.41) is 9.84. The van der Waals surface area contributed by atoms with Gasteiger partial charge in [0.05, 0.1) is 27.6 Å². The predicted octanol–water partition coefficient (Wildman–Crippen LogP) is 3.01. The van der Waals surface area contributed by atoms with Crippen molar-refractivity contribution < 1.29 is 13.5 Å². The molecule has 0 aliphatic heterocycles. The van der Waals surface area contributed by atoms with Crippen LogP contribution in [0.1, 0.15) is 11.6 Å². The number of nitrogens with one attached hydrogen (secondary N) is 1. The molecule has 0 amide bonds. The van der Waals surface area contributed by atoms with Gasteiger partial charge in [-0.15, -0.1) is 0 Å². The van der Waals surface area contributed by atoms with E-state index in [1.165, 1.54) is 18.2 Å². The summed E-state index contributed by atoms with van der Waals surface area (Å²) in [4.78, 5) is -0.00807. The lowest BCUT2D eigenvalue weighted by Crippen LogP contribution is -2.30. The Morgan fingerprint density at radius 1 is 1.05 bits per heavy atom. The number of aliphatic hydroxyl groups is 1. The highest BCUT2D eigenvalue weighted by Gasteiger charge is 2.21. The van der Waals surface area contributed by atoms with Gasteiger partial charge in [-0.05, 0) is 23.8 Å². The third-order valence-corrected chi connectivity index (χ3v) is 5.09. The Morgan fingerprint density at radius 3 is 2.29 bits per heavy atom. The van der Waals surface area contributed by atoms with Crippen LogP contribution in [-0.2, 0) is 10.0 Å². The van der Waals surface area contributed by atoms with Crippen molar-refractivity contribution >= 4 is 33.2 Å². The van der Waals surface area contributed by atoms with Gasteiger partial charge in [-0.25, -0.2) is 13.1 Å². The van der Waals surface area contributed by atoms with Crippen LogP contribution in [0.15, 0.2) is 53.4 Å². The normalized spacial score (nSPS) is 13.1. The van der Waals surface area contributed by atoms with Gasteiger partial charge in [0.25, 0.3) is 0 Å². The van der Waals surface area contributed by atoms with Gasteiger partial charge in [-0.1, -0.05) is 53.5 Å². The Labute approximate surface area is 133 Å². The highest BCUT2D eigenvalue weighted by molar-refractivity contribution is 7.89. The average Bonchev–Trinajstić information content (AvgIpc) is 2.48. The second-order valence-electron chi connectivity index (χ2n) is 4.34. The van der Waals surface area contributed by atoms with Crippen molar-refractivity contribution in [2.24, 2.45) is 0 Å². The average molecular weight is 346 g/mol. The van der Waals surface area contributed by atoms with Gasteiger partial charge in [-0.3, -0.25) is 0 Å². The summed E-state index contributed by atoms with van der Waals surface area (Å²) < 4.78 is 27.1. The van der Waals surface area contributed by atoms with Crippen LogP contribution in [0.3, 0.4) is 0 Å². The van der Waals surface area contributed by atoms with E-state index in [1.807, 2.05) is 6.07 Å². The molecule has 0 saturated heterocycles. The first-order valence-corrected chi connectivity index (χ1v) is 8.31. The first kappa shape index (κ1) is 16.3. The van der Waals surface area contributed by atoms with E-state index in [1.54, 1.807) is 24.3 Å². The van der Waals surface area contributed by atoms with Gasteiger partial charge in [0.1, 0.15) is 0 Å². The first-order valence-electron chi connectivity index (χ1n) is 6.07. The van der Waals surface area contributed by atoms with Crippen molar-refractivity contribution in [3.63, 3.8) is 0 Å². The summed E-state index contributed by atoms with van der Waals surface area (Å²) in [6, 6.07) is 12.1. The molecule has 0 saturated carbocycles. The minimum Gasteiger partial charge on any atom is -0.394 e. The highest BCUT2D eigenvalue weighted by Crippen LogP contribution is 2.25. The number of hydrogen-bond donors (Lipinski definition) is 2. The fraction of sp³-hybridized carbons (Fsp3) is 0.143. The van der Waals surface area contributed by atoms with E-state index in [-0.39, 0.29) is 21.5 Å². The zero-order valence-electron chi connectivity index (χ0n) is 10.8. The van der Waals surface area contributed by atoms with E-state index in [2.05, 4.69) is 4.72 Å². The zero-order valence-corrected chi connectivity index (χ0v) is 13.2. The number of hydrogen-bond acceptors (Lipinski definition) is 3. The molecule has 2 rings (SSSR count). The SMILES string of the molecule is O=S(=O)(NC(CO)c1ccccc1)c1ccc(Cl)c(Cl)c1. The molecule has 0 aliphatic rings. The smallest absolute Gasteiger partial charge is 0.241 e. The summed E-state index contributed by atoms with van der Waals surface area (Å²) in [5.74, 6) is 0. The van der Waals surface area contributed by atoms with Gasteiger partial charge < -0.3 is 5.11 Å². The molecule has 1 atom stereocenters. The van der Waals surface area contributed by atoms with Crippen LogP contribution in [0, 0.1) is 0 Å². The van der Waals surface area contributed by atoms with Crippen molar-refractivity contribution in [1.29, 1.82) is 0 Å². The Balaban J connectivity index is 2.29. The Kier molecular flexibility index (Phi) is 5.24. The minimum atomic E-state index is -3.81. The van der Waals surface area contributed by atoms with Crippen molar-refractivity contribution in [2.45, 2.75) is 10.9 Å². The molecular formula is C14H13Cl2NO3S. The second-order valence-corrected chi connectivity index (χ2v) is 6.87. The molecule has 0 spiro atoms. The first-order chi connectivity index (χ1) is 9.94. The van der Waals surface area contributed by atoms with Crippen molar-refractivity contribution in [3.8, 4) is 0 Å². The lowest BCUT2D eigenvalue weighted by atomic mass is 10.1. The van der Waals surface area contributed by atoms with Crippen molar-refractivity contribution in [1.82, 2.24) is 4.72 Å². The van der Waals surface area contributed by atoms with Crippen molar-refractivity contribution in [2.75, 3.05) is 6.61 Å². The van der Waals surface area contributed by atoms with E-state index in [4.69, 9.17) is 23.2 Å². The number of sulfonamides is 1. The molecule has 0 radical (unpaired) electrons. The lowest BCUT2D eigenvalue weighted by molar-refractivity contribution is 0.259. The van der Waals surface area contributed by atoms with Gasteiger partial charge in [0.2, 0.25) is 10.0 Å². The quantitative estimate of drug-likeness (QED) is 0.875. The molecule has 7 heteroatoms. The monoisotopic (exact) mass is 345 g/mol. The zero-order chi connectivity index (χ0) is 15.5. The van der Waals surface area contributed by atoms with Crippen LogP contribution in [0.4, 0.5) is 0 Å². The van der Waals surface area contributed by atoms with Gasteiger partial charge in [-0.2, -0.15) is 0 Å². The lowest BCUT2D eigenvalue weighted by Gasteiger charge is -2.17. The maximum absolute atomic E-state index is 12.3. The third kappa shape index (κ3) is 3.96. The molecule has 2 aromatic rings. The van der Waals surface area contributed by atoms with E-state index < -0.39 is 16.1 Å². The van der Waals surface area contributed by atoms with E-state index in [0.717, 1.165) is 0 Å². The largest absolute Gasteiger partial charge is 0.394 e. The number of benzene rings is 2. The molecule has 21 heavy (non-hydrogen) atoms. The van der Waals surface area contributed by atoms with Crippen LogP contribution in [0.5, 0.6) is 0 Å². The van der Waals surface area contributed by atoms with E-state index in [9.17, 15) is 13.5 Å². The molecular weight excluding hydrogens is 333 g/mol. The summed E-state index contributed by atoms with van der Waals surface area (Å²) in [6.07, 6.45) is 0. The summed E-state index contributed by atoms with van der Waals surface area (Å²) >= 11 is 11.6. The summed E-state index contributed by atoms with van der Waals surface area (Å²) in [7, 11) is -3.81. The van der Waals surface area contributed by atoms with Crippen LogP contribution in [-0.4, -0.2) is 20.1 Å². The molecule has 0 heterocycles. The molecule has 2 aromatic carbocycles. The maximum Gasteiger partial charge on any atom is 0.241 e. The predicted molar refractivity (Wildman–Crippen MR) is 83.1 cm³/mol. The molecule has 0 aliphatic carbocycles. The second kappa shape index (κ2) is 6.77. The van der Waals surface area contributed by atoms with E-state index in [0.29, 0.717) is 5.56 Å². The molecule has 0 aromatic heterocycles. The Bertz CT molecular complexity index is 720. The Morgan fingerprint density at radius 2 is 1.71 bits per heavy atom. The fourth-order valence-electron chi connectivity index (χ4n) is 1.80. The van der Waals surface area contributed by atoms with Crippen LogP contribution >= 0.6 is 23.2 Å². The van der Waals surface area contributed by atoms with Crippen molar-refractivity contribution in [3.05, 3.63) is 64.1 Å². The van der Waals surface area contributed by atoms with Crippen LogP contribution < -0.4 is 4.72 Å². The van der Waals surface area contributed by atoms with Crippen LogP contribution in [0.2, 0.25) is 10.0 Å². The summed E-state index contributed by atoms with van der Waals surface area (Å²) in [6.45, 7) is -0.357. The third-order valence-electron chi connectivity index (χ3n) is 2.88. The standard InChI is InChI=1S/C14H13Cl2NO3S/c15-12-7-6-11(8-13(12)16)21(19,20)17-14(9-18)10-4-2-1-3-5-10/h1-8,14,17-18H,9H2. The summed E-state index contributed by atoms with van der Waals surface area (Å²) in [5.41, 5.74) is 0.670. The van der Waals surface area contributed by atoms with Gasteiger partial charge in [0.15, 0.2) is 0 Å². The van der Waals surface area contributed by atoms with Gasteiger partial charge in [0, 0.05) is 0 Å². The highest BCUT2D eigenvalue weighted by atomic mass is 35.5. The molecule has 4 nitrogen and oxygen atoms in total. The van der Waals surface area contributed by atoms with Crippen LogP contribution in [0.25, 0.3) is 0 Å².